The van der Waals surface area contributed by atoms with Gasteiger partial charge in [-0.3, -0.25) is 0 Å². The van der Waals surface area contributed by atoms with Gasteiger partial charge in [-0.1, -0.05) is 6.08 Å². The molecule has 0 bridgehead atoms. The summed E-state index contributed by atoms with van der Waals surface area (Å²) in [6.07, 6.45) is 1.66. The normalized spacial score (nSPS) is 10.0. The van der Waals surface area contributed by atoms with E-state index in [1.165, 1.54) is 4.68 Å². The van der Waals surface area contributed by atoms with E-state index in [9.17, 15) is 4.79 Å². The van der Waals surface area contributed by atoms with Crippen molar-refractivity contribution in [1.82, 2.24) is 9.78 Å². The van der Waals surface area contributed by atoms with Gasteiger partial charge in [0, 0.05) is 0 Å². The molecular formula is C10H15N3O2. The molecule has 0 fully saturated rings. The molecule has 0 radical (unpaired) electrons. The van der Waals surface area contributed by atoms with Gasteiger partial charge in [-0.2, -0.15) is 5.10 Å². The summed E-state index contributed by atoms with van der Waals surface area (Å²) in [6, 6.07) is 0. The van der Waals surface area contributed by atoms with Crippen molar-refractivity contribution in [2.75, 3.05) is 12.3 Å². The maximum atomic E-state index is 11.5. The smallest absolute Gasteiger partial charge is 0.343 e. The van der Waals surface area contributed by atoms with Crippen LogP contribution >= 0.6 is 0 Å². The topological polar surface area (TPSA) is 70.1 Å². The molecule has 15 heavy (non-hydrogen) atoms. The Morgan fingerprint density at radius 1 is 1.73 bits per heavy atom. The third-order valence-electron chi connectivity index (χ3n) is 1.95. The maximum Gasteiger partial charge on any atom is 0.343 e. The Bertz CT molecular complexity index is 382. The molecule has 0 aromatic carbocycles. The second-order valence-corrected chi connectivity index (χ2v) is 3.04. The van der Waals surface area contributed by atoms with Gasteiger partial charge in [0.05, 0.1) is 18.8 Å². The SMILES string of the molecule is C=CCn1nc(C)c(C(=O)OCC)c1N. The van der Waals surface area contributed by atoms with E-state index < -0.39 is 5.97 Å². The van der Waals surface area contributed by atoms with Gasteiger partial charge in [0.15, 0.2) is 0 Å². The largest absolute Gasteiger partial charge is 0.462 e. The molecule has 0 aliphatic rings. The third-order valence-corrected chi connectivity index (χ3v) is 1.95. The monoisotopic (exact) mass is 209 g/mol. The molecule has 1 rings (SSSR count). The summed E-state index contributed by atoms with van der Waals surface area (Å²) in [6.45, 7) is 7.86. The van der Waals surface area contributed by atoms with Crippen LogP contribution < -0.4 is 5.73 Å². The molecule has 0 amide bonds. The lowest BCUT2D eigenvalue weighted by Crippen LogP contribution is -2.09. The Hall–Kier alpha value is -1.78. The number of nitrogens with zero attached hydrogens (tertiary/aromatic N) is 2. The van der Waals surface area contributed by atoms with Crippen LogP contribution in [0.2, 0.25) is 0 Å². The molecular weight excluding hydrogens is 194 g/mol. The lowest BCUT2D eigenvalue weighted by molar-refractivity contribution is 0.0527. The molecule has 1 heterocycles. The fraction of sp³-hybridized carbons (Fsp3) is 0.400. The standard InChI is InChI=1S/C10H15N3O2/c1-4-6-13-9(11)8(7(3)12-13)10(14)15-5-2/h4H,1,5-6,11H2,2-3H3. The summed E-state index contributed by atoms with van der Waals surface area (Å²) in [7, 11) is 0. The lowest BCUT2D eigenvalue weighted by Gasteiger charge is -2.02. The van der Waals surface area contributed by atoms with Gasteiger partial charge in [-0.05, 0) is 13.8 Å². The Labute approximate surface area is 88.5 Å². The van der Waals surface area contributed by atoms with E-state index in [0.717, 1.165) is 0 Å². The number of ether oxygens (including phenoxy) is 1. The number of nitrogen functional groups attached to an aromatic ring is 1. The van der Waals surface area contributed by atoms with E-state index in [1.54, 1.807) is 19.9 Å². The molecule has 1 aromatic rings. The average Bonchev–Trinajstić information content (AvgIpc) is 2.43. The van der Waals surface area contributed by atoms with E-state index in [4.69, 9.17) is 10.5 Å². The minimum Gasteiger partial charge on any atom is -0.462 e. The van der Waals surface area contributed by atoms with Crippen LogP contribution in [0.25, 0.3) is 0 Å². The van der Waals surface area contributed by atoms with Crippen LogP contribution in [0.15, 0.2) is 12.7 Å². The molecule has 0 spiro atoms. The van der Waals surface area contributed by atoms with Crippen LogP contribution in [0.5, 0.6) is 0 Å². The van der Waals surface area contributed by atoms with Gasteiger partial charge in [-0.15, -0.1) is 6.58 Å². The molecule has 0 atom stereocenters. The van der Waals surface area contributed by atoms with Crippen LogP contribution in [-0.4, -0.2) is 22.4 Å². The fourth-order valence-electron chi connectivity index (χ4n) is 1.32. The number of rotatable bonds is 4. The fourth-order valence-corrected chi connectivity index (χ4v) is 1.32. The molecule has 82 valence electrons. The predicted octanol–water partition coefficient (Wildman–Crippen LogP) is 1.14. The number of hydrogen-bond acceptors (Lipinski definition) is 4. The second kappa shape index (κ2) is 4.63. The van der Waals surface area contributed by atoms with Crippen LogP contribution in [0.4, 0.5) is 5.82 Å². The van der Waals surface area contributed by atoms with E-state index >= 15 is 0 Å². The summed E-state index contributed by atoms with van der Waals surface area (Å²) in [5.74, 6) is -0.103. The van der Waals surface area contributed by atoms with Crippen LogP contribution in [-0.2, 0) is 11.3 Å². The number of allylic oxidation sites excluding steroid dienone is 1. The number of hydrogen-bond donors (Lipinski definition) is 1. The zero-order valence-electron chi connectivity index (χ0n) is 8.99. The highest BCUT2D eigenvalue weighted by atomic mass is 16.5. The first-order chi connectivity index (χ1) is 7.11. The van der Waals surface area contributed by atoms with Crippen molar-refractivity contribution < 1.29 is 9.53 Å². The predicted molar refractivity (Wildman–Crippen MR) is 57.5 cm³/mol. The van der Waals surface area contributed by atoms with Gasteiger partial charge >= 0.3 is 5.97 Å². The van der Waals surface area contributed by atoms with Gasteiger partial charge in [0.1, 0.15) is 11.4 Å². The summed E-state index contributed by atoms with van der Waals surface area (Å²) in [4.78, 5) is 11.5. The van der Waals surface area contributed by atoms with Gasteiger partial charge < -0.3 is 10.5 Å². The summed E-state index contributed by atoms with van der Waals surface area (Å²) in [5, 5.41) is 4.12. The summed E-state index contributed by atoms with van der Waals surface area (Å²) < 4.78 is 6.41. The number of nitrogens with two attached hydrogens (primary N) is 1. The van der Waals surface area contributed by atoms with Crippen LogP contribution in [0.3, 0.4) is 0 Å². The van der Waals surface area contributed by atoms with Crippen molar-refractivity contribution >= 4 is 11.8 Å². The lowest BCUT2D eigenvalue weighted by atomic mass is 10.2. The number of carbonyl (C=O) groups is 1. The average molecular weight is 209 g/mol. The number of aryl methyl sites for hydroxylation is 1. The number of esters is 1. The number of anilines is 1. The Morgan fingerprint density at radius 3 is 2.93 bits per heavy atom. The van der Waals surface area contributed by atoms with Crippen molar-refractivity contribution in [3.8, 4) is 0 Å². The molecule has 1 aromatic heterocycles. The first kappa shape index (κ1) is 11.3. The molecule has 0 saturated heterocycles. The van der Waals surface area contributed by atoms with Gasteiger partial charge in [-0.25, -0.2) is 9.48 Å². The molecule has 0 aliphatic carbocycles. The summed E-state index contributed by atoms with van der Waals surface area (Å²) in [5.41, 5.74) is 6.70. The highest BCUT2D eigenvalue weighted by molar-refractivity contribution is 5.95. The Balaban J connectivity index is 3.07. The van der Waals surface area contributed by atoms with Gasteiger partial charge in [0.2, 0.25) is 0 Å². The quantitative estimate of drug-likeness (QED) is 0.596. The van der Waals surface area contributed by atoms with E-state index in [2.05, 4.69) is 11.7 Å². The minimum atomic E-state index is -0.428. The Morgan fingerprint density at radius 2 is 2.40 bits per heavy atom. The molecule has 2 N–H and O–H groups in total. The maximum absolute atomic E-state index is 11.5. The highest BCUT2D eigenvalue weighted by Crippen LogP contribution is 2.17. The zero-order chi connectivity index (χ0) is 11.4. The first-order valence-corrected chi connectivity index (χ1v) is 4.72. The summed E-state index contributed by atoms with van der Waals surface area (Å²) >= 11 is 0. The molecule has 5 heteroatoms. The molecule has 5 nitrogen and oxygen atoms in total. The molecule has 0 aliphatic heterocycles. The third kappa shape index (κ3) is 2.18. The van der Waals surface area contributed by atoms with E-state index in [-0.39, 0.29) is 0 Å². The molecule has 0 unspecified atom stereocenters. The van der Waals surface area contributed by atoms with Crippen molar-refractivity contribution in [2.45, 2.75) is 20.4 Å². The van der Waals surface area contributed by atoms with Crippen molar-refractivity contribution in [1.29, 1.82) is 0 Å². The first-order valence-electron chi connectivity index (χ1n) is 4.72. The van der Waals surface area contributed by atoms with Crippen molar-refractivity contribution in [3.05, 3.63) is 23.9 Å². The second-order valence-electron chi connectivity index (χ2n) is 3.04. The van der Waals surface area contributed by atoms with Crippen molar-refractivity contribution in [3.63, 3.8) is 0 Å². The number of aromatic nitrogens is 2. The van der Waals surface area contributed by atoms with E-state index in [1.807, 2.05) is 0 Å². The van der Waals surface area contributed by atoms with Gasteiger partial charge in [0.25, 0.3) is 0 Å². The Kier molecular flexibility index (Phi) is 3.49. The van der Waals surface area contributed by atoms with Crippen LogP contribution in [0, 0.1) is 6.92 Å². The zero-order valence-corrected chi connectivity index (χ0v) is 8.99. The van der Waals surface area contributed by atoms with Crippen LogP contribution in [0.1, 0.15) is 23.0 Å². The van der Waals surface area contributed by atoms with E-state index in [0.29, 0.717) is 30.2 Å². The molecule has 0 saturated carbocycles. The number of carbonyl (C=O) groups excluding carboxylic acids is 1. The minimum absolute atomic E-state index is 0.324. The van der Waals surface area contributed by atoms with Crippen molar-refractivity contribution in [2.24, 2.45) is 0 Å². The highest BCUT2D eigenvalue weighted by Gasteiger charge is 2.19.